The Kier molecular flexibility index (Phi) is 3.93. The molecule has 6 heteroatoms. The van der Waals surface area contributed by atoms with Gasteiger partial charge < -0.3 is 9.84 Å². The van der Waals surface area contributed by atoms with Crippen molar-refractivity contribution in [2.75, 3.05) is 7.11 Å². The van der Waals surface area contributed by atoms with Gasteiger partial charge in [0.15, 0.2) is 0 Å². The Bertz CT molecular complexity index is 810. The predicted octanol–water partition coefficient (Wildman–Crippen LogP) is 2.68. The van der Waals surface area contributed by atoms with Crippen LogP contribution >= 0.6 is 11.3 Å². The molecule has 0 aliphatic carbocycles. The zero-order valence-electron chi connectivity index (χ0n) is 11.3. The summed E-state index contributed by atoms with van der Waals surface area (Å²) in [5.74, 6) is 1.78. The smallest absolute Gasteiger partial charge is 0.347 e. The molecule has 0 fully saturated rings. The van der Waals surface area contributed by atoms with Crippen LogP contribution in [0.1, 0.15) is 26.5 Å². The SMILES string of the molecule is C#Cc1c(C#N)cc(-c2nc(C)c(C(=O)O)s2)cc1OC. The highest BCUT2D eigenvalue weighted by Crippen LogP contribution is 2.33. The van der Waals surface area contributed by atoms with Gasteiger partial charge in [0.25, 0.3) is 0 Å². The van der Waals surface area contributed by atoms with Crippen LogP contribution in [-0.2, 0) is 0 Å². The van der Waals surface area contributed by atoms with Crippen LogP contribution in [0.3, 0.4) is 0 Å². The summed E-state index contributed by atoms with van der Waals surface area (Å²) >= 11 is 1.05. The number of hydrogen-bond donors (Lipinski definition) is 1. The number of aromatic carboxylic acids is 1. The minimum absolute atomic E-state index is 0.170. The summed E-state index contributed by atoms with van der Waals surface area (Å²) in [4.78, 5) is 15.5. The van der Waals surface area contributed by atoms with Crippen molar-refractivity contribution in [3.8, 4) is 34.7 Å². The van der Waals surface area contributed by atoms with E-state index in [1.807, 2.05) is 6.07 Å². The number of thiazole rings is 1. The van der Waals surface area contributed by atoms with Crippen molar-refractivity contribution in [2.45, 2.75) is 6.92 Å². The van der Waals surface area contributed by atoms with Crippen molar-refractivity contribution in [1.82, 2.24) is 4.98 Å². The molecule has 5 nitrogen and oxygen atoms in total. The first-order valence-electron chi connectivity index (χ1n) is 5.81. The quantitative estimate of drug-likeness (QED) is 0.881. The standard InChI is InChI=1S/C15H10N2O3S/c1-4-11-10(7-16)5-9(6-12(11)20-3)14-17-8(2)13(21-14)15(18)19/h1,5-6H,2-3H3,(H,18,19). The van der Waals surface area contributed by atoms with Crippen LogP contribution in [0.25, 0.3) is 10.6 Å². The van der Waals surface area contributed by atoms with E-state index in [0.717, 1.165) is 11.3 Å². The first-order valence-corrected chi connectivity index (χ1v) is 6.63. The third-order valence-electron chi connectivity index (χ3n) is 2.82. The van der Waals surface area contributed by atoms with Gasteiger partial charge in [-0.25, -0.2) is 9.78 Å². The monoisotopic (exact) mass is 298 g/mol. The maximum Gasteiger partial charge on any atom is 0.347 e. The number of aryl methyl sites for hydroxylation is 1. The maximum absolute atomic E-state index is 11.1. The highest BCUT2D eigenvalue weighted by Gasteiger charge is 2.17. The van der Waals surface area contributed by atoms with Crippen LogP contribution in [0, 0.1) is 30.6 Å². The molecule has 1 N–H and O–H groups in total. The number of aromatic nitrogens is 1. The maximum atomic E-state index is 11.1. The molecule has 1 aromatic carbocycles. The highest BCUT2D eigenvalue weighted by atomic mass is 32.1. The molecule has 0 saturated carbocycles. The van der Waals surface area contributed by atoms with E-state index < -0.39 is 5.97 Å². The Morgan fingerprint density at radius 2 is 2.24 bits per heavy atom. The molecule has 0 aliphatic rings. The van der Waals surface area contributed by atoms with E-state index in [9.17, 15) is 10.1 Å². The van der Waals surface area contributed by atoms with Gasteiger partial charge in [0, 0.05) is 5.56 Å². The molecule has 1 aromatic heterocycles. The summed E-state index contributed by atoms with van der Waals surface area (Å²) in [6.45, 7) is 1.63. The lowest BCUT2D eigenvalue weighted by Crippen LogP contribution is -1.94. The fraction of sp³-hybridized carbons (Fsp3) is 0.133. The topological polar surface area (TPSA) is 83.2 Å². The van der Waals surface area contributed by atoms with Crippen molar-refractivity contribution in [1.29, 1.82) is 5.26 Å². The van der Waals surface area contributed by atoms with Crippen LogP contribution in [0.5, 0.6) is 5.75 Å². The van der Waals surface area contributed by atoms with Crippen molar-refractivity contribution < 1.29 is 14.6 Å². The Morgan fingerprint density at radius 3 is 2.71 bits per heavy atom. The fourth-order valence-electron chi connectivity index (χ4n) is 1.86. The minimum Gasteiger partial charge on any atom is -0.495 e. The van der Waals surface area contributed by atoms with Crippen LogP contribution in [0.2, 0.25) is 0 Å². The number of ether oxygens (including phenoxy) is 1. The van der Waals surface area contributed by atoms with Crippen LogP contribution in [0.4, 0.5) is 0 Å². The van der Waals surface area contributed by atoms with Gasteiger partial charge in [-0.05, 0) is 19.1 Å². The highest BCUT2D eigenvalue weighted by molar-refractivity contribution is 7.17. The van der Waals surface area contributed by atoms with Gasteiger partial charge in [-0.2, -0.15) is 5.26 Å². The normalized spacial score (nSPS) is 9.71. The number of carbonyl (C=O) groups is 1. The van der Waals surface area contributed by atoms with Crippen LogP contribution in [-0.4, -0.2) is 23.2 Å². The number of nitriles is 1. The van der Waals surface area contributed by atoms with Gasteiger partial charge in [0.05, 0.1) is 23.9 Å². The lowest BCUT2D eigenvalue weighted by Gasteiger charge is -2.07. The average molecular weight is 298 g/mol. The fourth-order valence-corrected chi connectivity index (χ4v) is 2.75. The third-order valence-corrected chi connectivity index (χ3v) is 4.02. The Morgan fingerprint density at radius 1 is 1.52 bits per heavy atom. The molecule has 1 heterocycles. The van der Waals surface area contributed by atoms with E-state index in [2.05, 4.69) is 10.9 Å². The average Bonchev–Trinajstić information content (AvgIpc) is 2.87. The summed E-state index contributed by atoms with van der Waals surface area (Å²) in [5, 5.41) is 18.8. The number of rotatable bonds is 3. The van der Waals surface area contributed by atoms with Gasteiger partial charge in [0.1, 0.15) is 21.7 Å². The van der Waals surface area contributed by atoms with E-state index >= 15 is 0 Å². The molecule has 0 bridgehead atoms. The van der Waals surface area contributed by atoms with Gasteiger partial charge in [0.2, 0.25) is 0 Å². The molecule has 104 valence electrons. The van der Waals surface area contributed by atoms with E-state index in [1.165, 1.54) is 7.11 Å². The van der Waals surface area contributed by atoms with Crippen molar-refractivity contribution in [3.63, 3.8) is 0 Å². The van der Waals surface area contributed by atoms with E-state index in [4.69, 9.17) is 16.3 Å². The molecule has 0 spiro atoms. The van der Waals surface area contributed by atoms with Gasteiger partial charge >= 0.3 is 5.97 Å². The number of carboxylic acid groups (broad SMARTS) is 1. The predicted molar refractivity (Wildman–Crippen MR) is 78.4 cm³/mol. The largest absolute Gasteiger partial charge is 0.495 e. The van der Waals surface area contributed by atoms with Crippen molar-refractivity contribution in [2.24, 2.45) is 0 Å². The molecular formula is C15H10N2O3S. The lowest BCUT2D eigenvalue weighted by molar-refractivity contribution is 0.0701. The molecule has 2 rings (SSSR count). The van der Waals surface area contributed by atoms with Crippen molar-refractivity contribution >= 4 is 17.3 Å². The molecular weight excluding hydrogens is 288 g/mol. The van der Waals surface area contributed by atoms with Gasteiger partial charge in [-0.3, -0.25) is 0 Å². The first kappa shape index (κ1) is 14.6. The number of hydrogen-bond acceptors (Lipinski definition) is 5. The van der Waals surface area contributed by atoms with E-state index in [1.54, 1.807) is 19.1 Å². The minimum atomic E-state index is -1.02. The second kappa shape index (κ2) is 5.66. The summed E-state index contributed by atoms with van der Waals surface area (Å²) < 4.78 is 5.19. The van der Waals surface area contributed by atoms with E-state index in [-0.39, 0.29) is 10.4 Å². The van der Waals surface area contributed by atoms with Crippen molar-refractivity contribution in [3.05, 3.63) is 33.8 Å². The second-order valence-corrected chi connectivity index (χ2v) is 5.09. The Labute approximate surface area is 125 Å². The third kappa shape index (κ3) is 2.58. The molecule has 21 heavy (non-hydrogen) atoms. The second-order valence-electron chi connectivity index (χ2n) is 4.10. The summed E-state index contributed by atoms with van der Waals surface area (Å²) in [6, 6.07) is 5.25. The molecule has 0 atom stereocenters. The lowest BCUT2D eigenvalue weighted by atomic mass is 10.0. The number of terminal acetylenes is 1. The van der Waals surface area contributed by atoms with Crippen LogP contribution < -0.4 is 4.74 Å². The van der Waals surface area contributed by atoms with Gasteiger partial charge in [-0.1, -0.05) is 5.92 Å². The molecule has 0 aliphatic heterocycles. The number of benzene rings is 1. The summed E-state index contributed by atoms with van der Waals surface area (Å²) in [7, 11) is 1.46. The molecule has 0 radical (unpaired) electrons. The number of methoxy groups -OCH3 is 1. The zero-order valence-corrected chi connectivity index (χ0v) is 12.1. The number of nitrogens with zero attached hydrogens (tertiary/aromatic N) is 2. The zero-order chi connectivity index (χ0) is 15.6. The van der Waals surface area contributed by atoms with E-state index in [0.29, 0.717) is 27.6 Å². The summed E-state index contributed by atoms with van der Waals surface area (Å²) in [6.07, 6.45) is 5.39. The summed E-state index contributed by atoms with van der Waals surface area (Å²) in [5.41, 5.74) is 1.69. The number of carboxylic acids is 1. The molecule has 0 saturated heterocycles. The molecule has 0 unspecified atom stereocenters. The Balaban J connectivity index is 2.66. The van der Waals surface area contributed by atoms with Crippen LogP contribution in [0.15, 0.2) is 12.1 Å². The first-order chi connectivity index (χ1) is 10.0. The Hall–Kier alpha value is -2.83. The molecule has 0 amide bonds. The van der Waals surface area contributed by atoms with Gasteiger partial charge in [-0.15, -0.1) is 17.8 Å². The molecule has 2 aromatic rings.